The molecule has 1 rings (SSSR count). The summed E-state index contributed by atoms with van der Waals surface area (Å²) < 4.78 is 13.1. The van der Waals surface area contributed by atoms with Crippen LogP contribution in [0.15, 0.2) is 24.3 Å². The van der Waals surface area contributed by atoms with Gasteiger partial charge in [0.15, 0.2) is 0 Å². The molecular weight excluding hydrogens is 203 g/mol. The highest BCUT2D eigenvalue weighted by atomic mass is 19.1. The van der Waals surface area contributed by atoms with Gasteiger partial charge in [0.2, 0.25) is 0 Å². The van der Waals surface area contributed by atoms with E-state index in [2.05, 4.69) is 31.0 Å². The van der Waals surface area contributed by atoms with Crippen LogP contribution in [0.1, 0.15) is 20.8 Å². The lowest BCUT2D eigenvalue weighted by atomic mass is 10.0. The zero-order chi connectivity index (χ0) is 12.2. The van der Waals surface area contributed by atoms with Crippen molar-refractivity contribution in [3.05, 3.63) is 30.1 Å². The summed E-state index contributed by atoms with van der Waals surface area (Å²) in [5.74, 6) is -0.182. The Morgan fingerprint density at radius 2 is 2.06 bits per heavy atom. The maximum atomic E-state index is 13.1. The maximum Gasteiger partial charge on any atom is 0.125 e. The summed E-state index contributed by atoms with van der Waals surface area (Å²) in [5, 5.41) is 3.26. The van der Waals surface area contributed by atoms with Gasteiger partial charge in [-0.1, -0.05) is 6.07 Å². The maximum absolute atomic E-state index is 13.1. The number of halogens is 1. The Kier molecular flexibility index (Phi) is 4.30. The molecule has 3 heteroatoms. The lowest BCUT2D eigenvalue weighted by Gasteiger charge is -2.33. The molecule has 0 unspecified atom stereocenters. The van der Waals surface area contributed by atoms with E-state index in [-0.39, 0.29) is 11.4 Å². The Morgan fingerprint density at radius 1 is 1.38 bits per heavy atom. The third-order valence-corrected chi connectivity index (χ3v) is 2.82. The molecule has 0 aliphatic rings. The summed E-state index contributed by atoms with van der Waals surface area (Å²) in [7, 11) is 1.94. The predicted octanol–water partition coefficient (Wildman–Crippen LogP) is 2.65. The Morgan fingerprint density at radius 3 is 2.56 bits per heavy atom. The molecule has 0 aromatic heterocycles. The molecule has 0 aliphatic heterocycles. The van der Waals surface area contributed by atoms with Crippen molar-refractivity contribution in [3.8, 4) is 0 Å². The molecule has 0 spiro atoms. The molecule has 0 bridgehead atoms. The van der Waals surface area contributed by atoms with Crippen LogP contribution in [0.25, 0.3) is 0 Å². The van der Waals surface area contributed by atoms with Crippen LogP contribution in [0, 0.1) is 5.82 Å². The molecule has 0 fully saturated rings. The fourth-order valence-corrected chi connectivity index (χ4v) is 1.61. The average Bonchev–Trinajstić information content (AvgIpc) is 2.26. The van der Waals surface area contributed by atoms with Gasteiger partial charge < -0.3 is 10.2 Å². The summed E-state index contributed by atoms with van der Waals surface area (Å²) in [6.07, 6.45) is 0. The van der Waals surface area contributed by atoms with Crippen molar-refractivity contribution < 1.29 is 4.39 Å². The first kappa shape index (κ1) is 13.0. The Hall–Kier alpha value is -1.09. The highest BCUT2D eigenvalue weighted by molar-refractivity contribution is 5.46. The molecule has 1 aromatic rings. The largest absolute Gasteiger partial charge is 0.370 e. The van der Waals surface area contributed by atoms with E-state index >= 15 is 0 Å². The van der Waals surface area contributed by atoms with Gasteiger partial charge in [0.05, 0.1) is 0 Å². The van der Waals surface area contributed by atoms with E-state index in [0.29, 0.717) is 0 Å². The first-order chi connectivity index (χ1) is 7.48. The molecule has 1 N–H and O–H groups in total. The van der Waals surface area contributed by atoms with Gasteiger partial charge in [0, 0.05) is 24.3 Å². The summed E-state index contributed by atoms with van der Waals surface area (Å²) in [5.41, 5.74) is 0.952. The summed E-state index contributed by atoms with van der Waals surface area (Å²) in [4.78, 5) is 2.17. The van der Waals surface area contributed by atoms with Gasteiger partial charge in [-0.2, -0.15) is 0 Å². The van der Waals surface area contributed by atoms with Crippen LogP contribution in [-0.4, -0.2) is 25.7 Å². The average molecular weight is 224 g/mol. The molecule has 0 atom stereocenters. The van der Waals surface area contributed by atoms with Crippen LogP contribution < -0.4 is 10.2 Å². The Bertz CT molecular complexity index is 336. The Balaban J connectivity index is 2.82. The summed E-state index contributed by atoms with van der Waals surface area (Å²) in [6.45, 7) is 8.07. The van der Waals surface area contributed by atoms with E-state index in [9.17, 15) is 4.39 Å². The molecule has 90 valence electrons. The van der Waals surface area contributed by atoms with Gasteiger partial charge in [-0.15, -0.1) is 0 Å². The van der Waals surface area contributed by atoms with Gasteiger partial charge >= 0.3 is 0 Å². The normalized spacial score (nSPS) is 11.6. The van der Waals surface area contributed by atoms with Crippen molar-refractivity contribution in [3.63, 3.8) is 0 Å². The Labute approximate surface area is 97.5 Å². The van der Waals surface area contributed by atoms with E-state index in [1.54, 1.807) is 12.1 Å². The molecule has 2 nitrogen and oxygen atoms in total. The third-order valence-electron chi connectivity index (χ3n) is 2.82. The highest BCUT2D eigenvalue weighted by Gasteiger charge is 2.19. The molecule has 0 amide bonds. The number of benzene rings is 1. The molecule has 0 aliphatic carbocycles. The van der Waals surface area contributed by atoms with Gasteiger partial charge in [0.1, 0.15) is 5.82 Å². The lowest BCUT2D eigenvalue weighted by molar-refractivity contribution is 0.422. The molecular formula is C13H21FN2. The van der Waals surface area contributed by atoms with Crippen LogP contribution in [0.3, 0.4) is 0 Å². The summed E-state index contributed by atoms with van der Waals surface area (Å²) in [6, 6.07) is 6.74. The van der Waals surface area contributed by atoms with Gasteiger partial charge in [-0.05, 0) is 46.0 Å². The van der Waals surface area contributed by atoms with Gasteiger partial charge in [-0.3, -0.25) is 0 Å². The minimum absolute atomic E-state index is 0.0162. The van der Waals surface area contributed by atoms with Crippen molar-refractivity contribution >= 4 is 5.69 Å². The van der Waals surface area contributed by atoms with Crippen LogP contribution in [0.5, 0.6) is 0 Å². The second-order valence-electron chi connectivity index (χ2n) is 4.63. The van der Waals surface area contributed by atoms with Crippen molar-refractivity contribution in [1.29, 1.82) is 0 Å². The van der Waals surface area contributed by atoms with E-state index in [1.807, 2.05) is 13.1 Å². The molecule has 0 saturated heterocycles. The van der Waals surface area contributed by atoms with Gasteiger partial charge in [0.25, 0.3) is 0 Å². The number of nitrogens with one attached hydrogen (secondary N) is 1. The number of likely N-dealkylation sites (N-methyl/N-ethyl adjacent to an activating group) is 2. The van der Waals surface area contributed by atoms with Crippen LogP contribution in [-0.2, 0) is 0 Å². The van der Waals surface area contributed by atoms with Crippen molar-refractivity contribution in [2.75, 3.05) is 25.0 Å². The second-order valence-corrected chi connectivity index (χ2v) is 4.63. The summed E-state index contributed by atoms with van der Waals surface area (Å²) >= 11 is 0. The molecule has 0 heterocycles. The quantitative estimate of drug-likeness (QED) is 0.827. The number of nitrogens with zero attached hydrogens (tertiary/aromatic N) is 1. The third kappa shape index (κ3) is 3.49. The standard InChI is InChI=1S/C13H21FN2/c1-5-16(10-13(2,3)15-4)12-8-6-7-11(14)9-12/h6-9,15H,5,10H2,1-4H3. The zero-order valence-corrected chi connectivity index (χ0v) is 10.5. The molecule has 16 heavy (non-hydrogen) atoms. The van der Waals surface area contributed by atoms with Crippen molar-refractivity contribution in [1.82, 2.24) is 5.32 Å². The number of hydrogen-bond acceptors (Lipinski definition) is 2. The fraction of sp³-hybridized carbons (Fsp3) is 0.538. The smallest absolute Gasteiger partial charge is 0.125 e. The van der Waals surface area contributed by atoms with Crippen molar-refractivity contribution in [2.45, 2.75) is 26.3 Å². The minimum Gasteiger partial charge on any atom is -0.370 e. The van der Waals surface area contributed by atoms with Crippen LogP contribution in [0.4, 0.5) is 10.1 Å². The van der Waals surface area contributed by atoms with Gasteiger partial charge in [-0.25, -0.2) is 4.39 Å². The first-order valence-corrected chi connectivity index (χ1v) is 5.68. The minimum atomic E-state index is -0.182. The first-order valence-electron chi connectivity index (χ1n) is 5.68. The second kappa shape index (κ2) is 5.30. The molecule has 0 saturated carbocycles. The fourth-order valence-electron chi connectivity index (χ4n) is 1.61. The molecule has 1 aromatic carbocycles. The number of hydrogen-bond donors (Lipinski definition) is 1. The van der Waals surface area contributed by atoms with Crippen molar-refractivity contribution in [2.24, 2.45) is 0 Å². The SMILES string of the molecule is CCN(CC(C)(C)NC)c1cccc(F)c1. The topological polar surface area (TPSA) is 15.3 Å². The molecule has 0 radical (unpaired) electrons. The van der Waals surface area contributed by atoms with E-state index in [0.717, 1.165) is 18.8 Å². The van der Waals surface area contributed by atoms with Crippen LogP contribution in [0.2, 0.25) is 0 Å². The van der Waals surface area contributed by atoms with Crippen LogP contribution >= 0.6 is 0 Å². The van der Waals surface area contributed by atoms with E-state index in [4.69, 9.17) is 0 Å². The monoisotopic (exact) mass is 224 g/mol. The predicted molar refractivity (Wildman–Crippen MR) is 67.4 cm³/mol. The number of anilines is 1. The zero-order valence-electron chi connectivity index (χ0n) is 10.5. The van der Waals surface area contributed by atoms with E-state index in [1.165, 1.54) is 6.07 Å². The number of rotatable bonds is 5. The van der Waals surface area contributed by atoms with E-state index < -0.39 is 0 Å². The highest BCUT2D eigenvalue weighted by Crippen LogP contribution is 2.17. The lowest BCUT2D eigenvalue weighted by Crippen LogP contribution is -2.47.